The van der Waals surface area contributed by atoms with E-state index < -0.39 is 0 Å². The van der Waals surface area contributed by atoms with Crippen molar-refractivity contribution in [2.45, 2.75) is 39.7 Å². The smallest absolute Gasteiger partial charge is 0.119 e. The van der Waals surface area contributed by atoms with Crippen LogP contribution in [0.25, 0.3) is 0 Å². The van der Waals surface area contributed by atoms with Gasteiger partial charge in [-0.3, -0.25) is 0 Å². The fourth-order valence-corrected chi connectivity index (χ4v) is 2.36. The van der Waals surface area contributed by atoms with E-state index in [1.807, 2.05) is 6.07 Å². The highest BCUT2D eigenvalue weighted by Crippen LogP contribution is 2.26. The Bertz CT molecular complexity index is 335. The van der Waals surface area contributed by atoms with Crippen molar-refractivity contribution in [3.63, 3.8) is 0 Å². The van der Waals surface area contributed by atoms with Gasteiger partial charge in [-0.05, 0) is 36.1 Å². The van der Waals surface area contributed by atoms with Gasteiger partial charge in [0.1, 0.15) is 5.75 Å². The summed E-state index contributed by atoms with van der Waals surface area (Å²) in [4.78, 5) is 0. The Morgan fingerprint density at radius 2 is 1.94 bits per heavy atom. The third-order valence-electron chi connectivity index (χ3n) is 3.32. The molecular weight excluding hydrogens is 210 g/mol. The van der Waals surface area contributed by atoms with Gasteiger partial charge in [0.15, 0.2) is 0 Å². The average molecular weight is 235 g/mol. The maximum absolute atomic E-state index is 5.28. The van der Waals surface area contributed by atoms with E-state index in [2.05, 4.69) is 51.2 Å². The van der Waals surface area contributed by atoms with Crippen molar-refractivity contribution in [1.82, 2.24) is 5.32 Å². The Kier molecular flexibility index (Phi) is 5.49. The number of nitrogens with one attached hydrogen (secondary N) is 1. The largest absolute Gasteiger partial charge is 0.497 e. The Hall–Kier alpha value is -1.02. The van der Waals surface area contributed by atoms with Gasteiger partial charge in [-0.2, -0.15) is 0 Å². The summed E-state index contributed by atoms with van der Waals surface area (Å²) in [6, 6.07) is 8.88. The van der Waals surface area contributed by atoms with Gasteiger partial charge in [0.05, 0.1) is 7.11 Å². The van der Waals surface area contributed by atoms with Crippen LogP contribution >= 0.6 is 0 Å². The molecule has 96 valence electrons. The Labute approximate surface area is 105 Å². The van der Waals surface area contributed by atoms with E-state index in [1.54, 1.807) is 7.11 Å². The minimum absolute atomic E-state index is 0.491. The number of methoxy groups -OCH3 is 1. The van der Waals surface area contributed by atoms with Gasteiger partial charge in [-0.25, -0.2) is 0 Å². The Balaban J connectivity index is 2.88. The molecule has 0 aliphatic rings. The van der Waals surface area contributed by atoms with E-state index in [4.69, 9.17) is 4.74 Å². The molecule has 1 aromatic carbocycles. The van der Waals surface area contributed by atoms with Crippen LogP contribution in [0, 0.1) is 5.92 Å². The molecule has 0 amide bonds. The van der Waals surface area contributed by atoms with Gasteiger partial charge in [-0.15, -0.1) is 0 Å². The molecule has 1 N–H and O–H groups in total. The first kappa shape index (κ1) is 14.0. The van der Waals surface area contributed by atoms with E-state index in [-0.39, 0.29) is 0 Å². The van der Waals surface area contributed by atoms with Gasteiger partial charge in [0, 0.05) is 6.04 Å². The summed E-state index contributed by atoms with van der Waals surface area (Å²) in [5.41, 5.74) is 1.34. The highest BCUT2D eigenvalue weighted by atomic mass is 16.5. The van der Waals surface area contributed by atoms with Crippen LogP contribution in [-0.2, 0) is 0 Å². The van der Waals surface area contributed by atoms with E-state index in [0.717, 1.165) is 12.3 Å². The number of ether oxygens (including phenoxy) is 1. The molecular formula is C15H25NO. The van der Waals surface area contributed by atoms with E-state index in [0.29, 0.717) is 17.9 Å². The molecule has 0 bridgehead atoms. The van der Waals surface area contributed by atoms with Crippen molar-refractivity contribution in [3.8, 4) is 5.75 Å². The molecule has 0 aliphatic carbocycles. The predicted octanol–water partition coefficient (Wildman–Crippen LogP) is 3.43. The SMILES string of the molecule is CCNC(C(C)C)C(C)c1cccc(OC)c1. The van der Waals surface area contributed by atoms with Crippen LogP contribution in [0.3, 0.4) is 0 Å². The normalized spacial score (nSPS) is 14.7. The maximum Gasteiger partial charge on any atom is 0.119 e. The van der Waals surface area contributed by atoms with Gasteiger partial charge in [-0.1, -0.05) is 39.8 Å². The third kappa shape index (κ3) is 3.74. The highest BCUT2D eigenvalue weighted by Gasteiger charge is 2.21. The molecule has 0 saturated carbocycles. The molecule has 0 radical (unpaired) electrons. The summed E-state index contributed by atoms with van der Waals surface area (Å²) in [7, 11) is 1.72. The fourth-order valence-electron chi connectivity index (χ4n) is 2.36. The minimum Gasteiger partial charge on any atom is -0.497 e. The lowest BCUT2D eigenvalue weighted by Crippen LogP contribution is -2.38. The molecule has 1 aromatic rings. The van der Waals surface area contributed by atoms with E-state index >= 15 is 0 Å². The molecule has 0 aliphatic heterocycles. The van der Waals surface area contributed by atoms with Crippen molar-refractivity contribution >= 4 is 0 Å². The molecule has 0 aromatic heterocycles. The lowest BCUT2D eigenvalue weighted by molar-refractivity contribution is 0.358. The van der Waals surface area contributed by atoms with Crippen molar-refractivity contribution < 1.29 is 4.74 Å². The summed E-state index contributed by atoms with van der Waals surface area (Å²) in [5.74, 6) is 2.05. The zero-order valence-corrected chi connectivity index (χ0v) is 11.7. The molecule has 2 atom stereocenters. The summed E-state index contributed by atoms with van der Waals surface area (Å²) in [6.07, 6.45) is 0. The number of hydrogen-bond acceptors (Lipinski definition) is 2. The molecule has 1 rings (SSSR count). The fraction of sp³-hybridized carbons (Fsp3) is 0.600. The second-order valence-corrected chi connectivity index (χ2v) is 4.89. The standard InChI is InChI=1S/C15H25NO/c1-6-16-15(11(2)3)12(4)13-8-7-9-14(10-13)17-5/h7-12,15-16H,6H2,1-5H3. The van der Waals surface area contributed by atoms with Gasteiger partial charge in [0.25, 0.3) is 0 Å². The first-order valence-electron chi connectivity index (χ1n) is 6.47. The second-order valence-electron chi connectivity index (χ2n) is 4.89. The van der Waals surface area contributed by atoms with Crippen molar-refractivity contribution in [2.75, 3.05) is 13.7 Å². The van der Waals surface area contributed by atoms with Crippen LogP contribution < -0.4 is 10.1 Å². The summed E-state index contributed by atoms with van der Waals surface area (Å²) in [6.45, 7) is 9.99. The van der Waals surface area contributed by atoms with Gasteiger partial charge < -0.3 is 10.1 Å². The van der Waals surface area contributed by atoms with Crippen LogP contribution in [0.5, 0.6) is 5.75 Å². The molecule has 17 heavy (non-hydrogen) atoms. The Morgan fingerprint density at radius 1 is 1.24 bits per heavy atom. The lowest BCUT2D eigenvalue weighted by atomic mass is 9.86. The molecule has 0 fully saturated rings. The van der Waals surface area contributed by atoms with Crippen LogP contribution in [0.4, 0.5) is 0 Å². The maximum atomic E-state index is 5.28. The molecule has 2 unspecified atom stereocenters. The van der Waals surface area contributed by atoms with Crippen LogP contribution in [0.15, 0.2) is 24.3 Å². The predicted molar refractivity (Wildman–Crippen MR) is 73.7 cm³/mol. The van der Waals surface area contributed by atoms with E-state index in [9.17, 15) is 0 Å². The second kappa shape index (κ2) is 6.65. The van der Waals surface area contributed by atoms with Gasteiger partial charge in [0.2, 0.25) is 0 Å². The molecule has 0 heterocycles. The molecule has 0 spiro atoms. The van der Waals surface area contributed by atoms with Crippen molar-refractivity contribution in [1.29, 1.82) is 0 Å². The van der Waals surface area contributed by atoms with Gasteiger partial charge >= 0.3 is 0 Å². The molecule has 2 nitrogen and oxygen atoms in total. The number of hydrogen-bond donors (Lipinski definition) is 1. The van der Waals surface area contributed by atoms with Crippen molar-refractivity contribution in [3.05, 3.63) is 29.8 Å². The first-order valence-corrected chi connectivity index (χ1v) is 6.47. The summed E-state index contributed by atoms with van der Waals surface area (Å²) >= 11 is 0. The number of rotatable bonds is 6. The number of likely N-dealkylation sites (N-methyl/N-ethyl adjacent to an activating group) is 1. The highest BCUT2D eigenvalue weighted by molar-refractivity contribution is 5.31. The van der Waals surface area contributed by atoms with Crippen molar-refractivity contribution in [2.24, 2.45) is 5.92 Å². The monoisotopic (exact) mass is 235 g/mol. The zero-order valence-electron chi connectivity index (χ0n) is 11.7. The average Bonchev–Trinajstić information content (AvgIpc) is 2.34. The van der Waals surface area contributed by atoms with Crippen LogP contribution in [0.2, 0.25) is 0 Å². The topological polar surface area (TPSA) is 21.3 Å². The molecule has 2 heteroatoms. The van der Waals surface area contributed by atoms with E-state index in [1.165, 1.54) is 5.56 Å². The zero-order chi connectivity index (χ0) is 12.8. The summed E-state index contributed by atoms with van der Waals surface area (Å²) in [5, 5.41) is 3.58. The summed E-state index contributed by atoms with van der Waals surface area (Å²) < 4.78 is 5.28. The number of benzene rings is 1. The minimum atomic E-state index is 0.491. The Morgan fingerprint density at radius 3 is 2.47 bits per heavy atom. The first-order chi connectivity index (χ1) is 8.10. The lowest BCUT2D eigenvalue weighted by Gasteiger charge is -2.28. The quantitative estimate of drug-likeness (QED) is 0.815. The third-order valence-corrected chi connectivity index (χ3v) is 3.32. The molecule has 0 saturated heterocycles. The van der Waals surface area contributed by atoms with Crippen LogP contribution in [-0.4, -0.2) is 19.7 Å². The van der Waals surface area contributed by atoms with Crippen LogP contribution in [0.1, 0.15) is 39.2 Å².